The van der Waals surface area contributed by atoms with E-state index in [1.807, 2.05) is 43.6 Å². The molecule has 6 nitrogen and oxygen atoms in total. The van der Waals surface area contributed by atoms with Gasteiger partial charge in [-0.3, -0.25) is 4.68 Å². The normalized spacial score (nSPS) is 12.5. The molecule has 0 aliphatic heterocycles. The van der Waals surface area contributed by atoms with Gasteiger partial charge >= 0.3 is 0 Å². The predicted molar refractivity (Wildman–Crippen MR) is 70.6 cm³/mol. The summed E-state index contributed by atoms with van der Waals surface area (Å²) in [5.41, 5.74) is 8.96. The molecule has 1 unspecified atom stereocenters. The molecule has 1 aromatic carbocycles. The zero-order chi connectivity index (χ0) is 13.2. The Morgan fingerprint density at radius 3 is 2.63 bits per heavy atom. The number of rotatable bonds is 3. The first kappa shape index (κ1) is 11.6. The van der Waals surface area contributed by atoms with Crippen LogP contribution in [-0.4, -0.2) is 24.8 Å². The molecule has 0 aliphatic carbocycles. The van der Waals surface area contributed by atoms with Crippen LogP contribution in [0.25, 0.3) is 5.69 Å². The van der Waals surface area contributed by atoms with Crippen LogP contribution in [0.1, 0.15) is 17.3 Å². The largest absolute Gasteiger partial charge is 0.319 e. The topological polar surface area (TPSA) is 74.6 Å². The summed E-state index contributed by atoms with van der Waals surface area (Å²) in [7, 11) is 1.86. The van der Waals surface area contributed by atoms with Crippen molar-refractivity contribution in [2.45, 2.75) is 6.04 Å². The van der Waals surface area contributed by atoms with Crippen molar-refractivity contribution in [2.75, 3.05) is 0 Å². The van der Waals surface area contributed by atoms with Crippen LogP contribution in [0.5, 0.6) is 0 Å². The van der Waals surface area contributed by atoms with Gasteiger partial charge in [-0.15, -0.1) is 5.10 Å². The number of benzene rings is 1. The van der Waals surface area contributed by atoms with E-state index in [0.29, 0.717) is 0 Å². The summed E-state index contributed by atoms with van der Waals surface area (Å²) in [6.07, 6.45) is 5.34. The zero-order valence-corrected chi connectivity index (χ0v) is 10.5. The van der Waals surface area contributed by atoms with Crippen molar-refractivity contribution >= 4 is 0 Å². The van der Waals surface area contributed by atoms with Gasteiger partial charge in [-0.1, -0.05) is 23.4 Å². The molecule has 0 spiro atoms. The van der Waals surface area contributed by atoms with Gasteiger partial charge < -0.3 is 5.73 Å². The maximum Gasteiger partial charge on any atom is 0.0859 e. The number of aromatic nitrogens is 5. The predicted octanol–water partition coefficient (Wildman–Crippen LogP) is 1.05. The highest BCUT2D eigenvalue weighted by Gasteiger charge is 2.17. The molecule has 0 aliphatic rings. The van der Waals surface area contributed by atoms with Crippen LogP contribution in [0, 0.1) is 0 Å². The SMILES string of the molecule is Cn1cc(C(N)c2cnnn2-c2ccccc2)cn1. The summed E-state index contributed by atoms with van der Waals surface area (Å²) in [6, 6.07) is 9.50. The molecule has 96 valence electrons. The Morgan fingerprint density at radius 1 is 1.16 bits per heavy atom. The van der Waals surface area contributed by atoms with E-state index in [1.165, 1.54) is 0 Å². The van der Waals surface area contributed by atoms with E-state index in [9.17, 15) is 0 Å². The number of aryl methyl sites for hydroxylation is 1. The smallest absolute Gasteiger partial charge is 0.0859 e. The van der Waals surface area contributed by atoms with E-state index in [2.05, 4.69) is 15.4 Å². The van der Waals surface area contributed by atoms with Gasteiger partial charge in [-0.25, -0.2) is 4.68 Å². The number of hydrogen-bond acceptors (Lipinski definition) is 4. The fraction of sp³-hybridized carbons (Fsp3) is 0.154. The summed E-state index contributed by atoms with van der Waals surface area (Å²) >= 11 is 0. The van der Waals surface area contributed by atoms with Gasteiger partial charge in [-0.2, -0.15) is 5.10 Å². The van der Waals surface area contributed by atoms with Crippen LogP contribution >= 0.6 is 0 Å². The molecule has 0 amide bonds. The van der Waals surface area contributed by atoms with Crippen molar-refractivity contribution in [2.24, 2.45) is 12.8 Å². The third kappa shape index (κ3) is 2.13. The highest BCUT2D eigenvalue weighted by molar-refractivity contribution is 5.34. The number of hydrogen-bond donors (Lipinski definition) is 1. The summed E-state index contributed by atoms with van der Waals surface area (Å²) in [5.74, 6) is 0. The van der Waals surface area contributed by atoms with Gasteiger partial charge in [0.2, 0.25) is 0 Å². The molecule has 6 heteroatoms. The van der Waals surface area contributed by atoms with Crippen LogP contribution in [0.4, 0.5) is 0 Å². The zero-order valence-electron chi connectivity index (χ0n) is 10.5. The second-order valence-electron chi connectivity index (χ2n) is 4.33. The maximum atomic E-state index is 6.26. The lowest BCUT2D eigenvalue weighted by Gasteiger charge is -2.11. The molecule has 3 aromatic rings. The average Bonchev–Trinajstić information content (AvgIpc) is 3.07. The minimum Gasteiger partial charge on any atom is -0.319 e. The quantitative estimate of drug-likeness (QED) is 0.758. The minimum absolute atomic E-state index is 0.302. The second-order valence-corrected chi connectivity index (χ2v) is 4.33. The highest BCUT2D eigenvalue weighted by Crippen LogP contribution is 2.20. The first-order valence-electron chi connectivity index (χ1n) is 5.96. The molecule has 0 radical (unpaired) electrons. The fourth-order valence-corrected chi connectivity index (χ4v) is 2.00. The van der Waals surface area contributed by atoms with Crippen molar-refractivity contribution in [1.82, 2.24) is 24.8 Å². The maximum absolute atomic E-state index is 6.26. The highest BCUT2D eigenvalue weighted by atomic mass is 15.4. The van der Waals surface area contributed by atoms with Gasteiger partial charge in [0.1, 0.15) is 0 Å². The Kier molecular flexibility index (Phi) is 2.85. The fourth-order valence-electron chi connectivity index (χ4n) is 2.00. The minimum atomic E-state index is -0.302. The Labute approximate surface area is 110 Å². The number of nitrogens with two attached hydrogens (primary N) is 1. The summed E-state index contributed by atoms with van der Waals surface area (Å²) in [5, 5.41) is 12.2. The van der Waals surface area contributed by atoms with E-state index in [1.54, 1.807) is 21.8 Å². The number of para-hydroxylation sites is 1. The van der Waals surface area contributed by atoms with E-state index in [4.69, 9.17) is 5.73 Å². The van der Waals surface area contributed by atoms with E-state index < -0.39 is 0 Å². The van der Waals surface area contributed by atoms with Crippen LogP contribution in [0.3, 0.4) is 0 Å². The van der Waals surface area contributed by atoms with Crippen LogP contribution in [-0.2, 0) is 7.05 Å². The van der Waals surface area contributed by atoms with Gasteiger partial charge in [-0.05, 0) is 12.1 Å². The molecular weight excluding hydrogens is 240 g/mol. The Balaban J connectivity index is 2.01. The first-order chi connectivity index (χ1) is 9.25. The lowest BCUT2D eigenvalue weighted by molar-refractivity contribution is 0.717. The lowest BCUT2D eigenvalue weighted by Crippen LogP contribution is -2.16. The molecular formula is C13H14N6. The Hall–Kier alpha value is -2.47. The average molecular weight is 254 g/mol. The van der Waals surface area contributed by atoms with Crippen molar-refractivity contribution in [3.05, 3.63) is 60.2 Å². The van der Waals surface area contributed by atoms with E-state index in [0.717, 1.165) is 16.9 Å². The molecule has 0 saturated carbocycles. The lowest BCUT2D eigenvalue weighted by atomic mass is 10.1. The molecule has 0 fully saturated rings. The van der Waals surface area contributed by atoms with Crippen LogP contribution in [0.2, 0.25) is 0 Å². The van der Waals surface area contributed by atoms with Gasteiger partial charge in [0, 0.05) is 18.8 Å². The first-order valence-corrected chi connectivity index (χ1v) is 5.96. The summed E-state index contributed by atoms with van der Waals surface area (Å²) in [4.78, 5) is 0. The molecule has 2 aromatic heterocycles. The molecule has 3 rings (SSSR count). The van der Waals surface area contributed by atoms with Gasteiger partial charge in [0.25, 0.3) is 0 Å². The van der Waals surface area contributed by atoms with Gasteiger partial charge in [0.05, 0.1) is 29.8 Å². The van der Waals surface area contributed by atoms with Crippen molar-refractivity contribution in [3.8, 4) is 5.69 Å². The third-order valence-corrected chi connectivity index (χ3v) is 2.98. The number of nitrogens with zero attached hydrogens (tertiary/aromatic N) is 5. The molecule has 2 heterocycles. The third-order valence-electron chi connectivity index (χ3n) is 2.98. The molecule has 1 atom stereocenters. The Bertz CT molecular complexity index is 669. The molecule has 19 heavy (non-hydrogen) atoms. The van der Waals surface area contributed by atoms with Gasteiger partial charge in [0.15, 0.2) is 0 Å². The summed E-state index contributed by atoms with van der Waals surface area (Å²) in [6.45, 7) is 0. The van der Waals surface area contributed by atoms with Crippen molar-refractivity contribution in [1.29, 1.82) is 0 Å². The van der Waals surface area contributed by atoms with Crippen molar-refractivity contribution in [3.63, 3.8) is 0 Å². The second kappa shape index (κ2) is 4.66. The molecule has 0 bridgehead atoms. The molecule has 0 saturated heterocycles. The summed E-state index contributed by atoms with van der Waals surface area (Å²) < 4.78 is 3.48. The molecule has 2 N–H and O–H groups in total. The monoisotopic (exact) mass is 254 g/mol. The van der Waals surface area contributed by atoms with Crippen molar-refractivity contribution < 1.29 is 0 Å². The standard InChI is InChI=1S/C13H14N6/c1-18-9-10(7-16-18)13(14)12-8-15-17-19(12)11-5-3-2-4-6-11/h2-9,13H,14H2,1H3. The van der Waals surface area contributed by atoms with Crippen LogP contribution in [0.15, 0.2) is 48.9 Å². The Morgan fingerprint density at radius 2 is 1.95 bits per heavy atom. The van der Waals surface area contributed by atoms with Crippen LogP contribution < -0.4 is 5.73 Å². The van der Waals surface area contributed by atoms with E-state index >= 15 is 0 Å². The van der Waals surface area contributed by atoms with E-state index in [-0.39, 0.29) is 6.04 Å².